The lowest BCUT2D eigenvalue weighted by Crippen LogP contribution is -2.11. The second-order valence-electron chi connectivity index (χ2n) is 2.81. The molecule has 0 N–H and O–H groups in total. The number of carbonyl (C=O) groups excluding carboxylic acids is 2. The van der Waals surface area contributed by atoms with Gasteiger partial charge in [0.25, 0.3) is 5.24 Å². The third-order valence-corrected chi connectivity index (χ3v) is 2.88. The van der Waals surface area contributed by atoms with Crippen LogP contribution in [0.25, 0.3) is 0 Å². The Kier molecular flexibility index (Phi) is 3.95. The fourth-order valence-corrected chi connectivity index (χ4v) is 2.13. The van der Waals surface area contributed by atoms with E-state index in [2.05, 4.69) is 0 Å². The van der Waals surface area contributed by atoms with E-state index in [1.165, 1.54) is 0 Å². The number of aldehydes is 1. The molecular formula is C9H3ClF3IO2. The van der Waals surface area contributed by atoms with Crippen LogP contribution in [0, 0.1) is 3.57 Å². The molecule has 0 radical (unpaired) electrons. The van der Waals surface area contributed by atoms with Gasteiger partial charge < -0.3 is 0 Å². The summed E-state index contributed by atoms with van der Waals surface area (Å²) in [6, 6.07) is 1.56. The lowest BCUT2D eigenvalue weighted by molar-refractivity contribution is -0.137. The lowest BCUT2D eigenvalue weighted by atomic mass is 10.0. The summed E-state index contributed by atoms with van der Waals surface area (Å²) in [7, 11) is 0. The minimum atomic E-state index is -4.69. The fourth-order valence-electron chi connectivity index (χ4n) is 1.08. The van der Waals surface area contributed by atoms with E-state index in [-0.39, 0.29) is 15.4 Å². The first-order chi connectivity index (χ1) is 7.27. The summed E-state index contributed by atoms with van der Waals surface area (Å²) in [6.07, 6.45) is -4.60. The molecule has 0 bridgehead atoms. The first-order valence-electron chi connectivity index (χ1n) is 3.83. The molecule has 0 aliphatic heterocycles. The second kappa shape index (κ2) is 4.70. The molecule has 0 aromatic heterocycles. The maximum absolute atomic E-state index is 12.5. The van der Waals surface area contributed by atoms with Crippen molar-refractivity contribution in [1.82, 2.24) is 0 Å². The summed E-state index contributed by atoms with van der Waals surface area (Å²) in [5.41, 5.74) is -1.94. The zero-order valence-electron chi connectivity index (χ0n) is 7.44. The Morgan fingerprint density at radius 2 is 1.94 bits per heavy atom. The molecule has 0 aliphatic rings. The van der Waals surface area contributed by atoms with Crippen LogP contribution in [-0.4, -0.2) is 11.5 Å². The minimum Gasteiger partial charge on any atom is -0.298 e. The molecular weight excluding hydrogens is 359 g/mol. The topological polar surface area (TPSA) is 34.1 Å². The average Bonchev–Trinajstić information content (AvgIpc) is 2.14. The van der Waals surface area contributed by atoms with E-state index in [0.717, 1.165) is 6.07 Å². The Morgan fingerprint density at radius 3 is 2.31 bits per heavy atom. The standard InChI is InChI=1S/C9H3ClF3IO2/c10-8(16)5-2-6(9(11,12)13)4(3-15)1-7(5)14/h1-3H. The van der Waals surface area contributed by atoms with Gasteiger partial charge in [0.1, 0.15) is 0 Å². The Hall–Kier alpha value is -0.630. The van der Waals surface area contributed by atoms with Crippen molar-refractivity contribution >= 4 is 45.7 Å². The Bertz CT molecular complexity index is 457. The van der Waals surface area contributed by atoms with Gasteiger partial charge in [-0.25, -0.2) is 0 Å². The van der Waals surface area contributed by atoms with E-state index in [1.54, 1.807) is 22.6 Å². The predicted octanol–water partition coefficient (Wildman–Crippen LogP) is 3.50. The number of alkyl halides is 3. The van der Waals surface area contributed by atoms with Crippen molar-refractivity contribution in [3.05, 3.63) is 32.4 Å². The van der Waals surface area contributed by atoms with Gasteiger partial charge in [-0.3, -0.25) is 9.59 Å². The van der Waals surface area contributed by atoms with Crippen molar-refractivity contribution in [2.45, 2.75) is 6.18 Å². The molecule has 0 atom stereocenters. The van der Waals surface area contributed by atoms with E-state index in [0.29, 0.717) is 6.07 Å². The van der Waals surface area contributed by atoms with Gasteiger partial charge in [-0.05, 0) is 46.3 Å². The molecule has 0 saturated heterocycles. The molecule has 0 amide bonds. The molecule has 86 valence electrons. The van der Waals surface area contributed by atoms with E-state index in [4.69, 9.17) is 11.6 Å². The van der Waals surface area contributed by atoms with Gasteiger partial charge in [-0.2, -0.15) is 13.2 Å². The van der Waals surface area contributed by atoms with Crippen molar-refractivity contribution < 1.29 is 22.8 Å². The van der Waals surface area contributed by atoms with Gasteiger partial charge in [-0.15, -0.1) is 0 Å². The summed E-state index contributed by atoms with van der Waals surface area (Å²) in [4.78, 5) is 21.3. The van der Waals surface area contributed by atoms with Crippen LogP contribution in [0.3, 0.4) is 0 Å². The average molecular weight is 362 g/mol. The van der Waals surface area contributed by atoms with Crippen LogP contribution in [0.4, 0.5) is 13.2 Å². The largest absolute Gasteiger partial charge is 0.417 e. The Labute approximate surface area is 107 Å². The first-order valence-corrected chi connectivity index (χ1v) is 5.28. The normalized spacial score (nSPS) is 11.3. The van der Waals surface area contributed by atoms with Gasteiger partial charge in [0, 0.05) is 14.7 Å². The molecule has 2 nitrogen and oxygen atoms in total. The summed E-state index contributed by atoms with van der Waals surface area (Å²) < 4.78 is 37.7. The molecule has 0 fully saturated rings. The molecule has 1 aromatic rings. The monoisotopic (exact) mass is 362 g/mol. The quantitative estimate of drug-likeness (QED) is 0.458. The fraction of sp³-hybridized carbons (Fsp3) is 0.111. The highest BCUT2D eigenvalue weighted by molar-refractivity contribution is 14.1. The highest BCUT2D eigenvalue weighted by Crippen LogP contribution is 2.33. The highest BCUT2D eigenvalue weighted by atomic mass is 127. The van der Waals surface area contributed by atoms with Crippen molar-refractivity contribution in [2.24, 2.45) is 0 Å². The van der Waals surface area contributed by atoms with Crippen LogP contribution in [0.5, 0.6) is 0 Å². The molecule has 1 rings (SSSR count). The Morgan fingerprint density at radius 1 is 1.38 bits per heavy atom. The number of hydrogen-bond donors (Lipinski definition) is 0. The van der Waals surface area contributed by atoms with Gasteiger partial charge in [0.2, 0.25) is 0 Å². The van der Waals surface area contributed by atoms with Gasteiger partial charge >= 0.3 is 6.18 Å². The van der Waals surface area contributed by atoms with E-state index >= 15 is 0 Å². The van der Waals surface area contributed by atoms with E-state index in [9.17, 15) is 22.8 Å². The van der Waals surface area contributed by atoms with E-state index in [1.807, 2.05) is 0 Å². The molecule has 16 heavy (non-hydrogen) atoms. The molecule has 0 saturated carbocycles. The summed E-state index contributed by atoms with van der Waals surface area (Å²) >= 11 is 6.76. The van der Waals surface area contributed by atoms with Gasteiger partial charge in [0.15, 0.2) is 6.29 Å². The van der Waals surface area contributed by atoms with Crippen LogP contribution in [-0.2, 0) is 6.18 Å². The smallest absolute Gasteiger partial charge is 0.298 e. The summed E-state index contributed by atoms with van der Waals surface area (Å²) in [5.74, 6) is 0. The maximum Gasteiger partial charge on any atom is 0.417 e. The van der Waals surface area contributed by atoms with Crippen LogP contribution in [0.2, 0.25) is 0 Å². The zero-order chi connectivity index (χ0) is 12.5. The van der Waals surface area contributed by atoms with E-state index < -0.39 is 22.5 Å². The minimum absolute atomic E-state index is 0.0907. The third kappa shape index (κ3) is 2.73. The number of hydrogen-bond acceptors (Lipinski definition) is 2. The van der Waals surface area contributed by atoms with Crippen molar-refractivity contribution in [3.8, 4) is 0 Å². The maximum atomic E-state index is 12.5. The van der Waals surface area contributed by atoms with Crippen molar-refractivity contribution in [2.75, 3.05) is 0 Å². The number of halogens is 5. The SMILES string of the molecule is O=Cc1cc(I)c(C(=O)Cl)cc1C(F)(F)F. The molecule has 0 spiro atoms. The van der Waals surface area contributed by atoms with Crippen LogP contribution >= 0.6 is 34.2 Å². The number of benzene rings is 1. The van der Waals surface area contributed by atoms with Gasteiger partial charge in [0.05, 0.1) is 5.56 Å². The van der Waals surface area contributed by atoms with Crippen molar-refractivity contribution in [1.29, 1.82) is 0 Å². The first kappa shape index (κ1) is 13.4. The number of carbonyl (C=O) groups is 2. The third-order valence-electron chi connectivity index (χ3n) is 1.78. The summed E-state index contributed by atoms with van der Waals surface area (Å²) in [6.45, 7) is 0. The molecule has 0 aliphatic carbocycles. The second-order valence-corrected chi connectivity index (χ2v) is 4.31. The molecule has 0 unspecified atom stereocenters. The van der Waals surface area contributed by atoms with Crippen LogP contribution in [0.1, 0.15) is 26.3 Å². The molecule has 7 heteroatoms. The highest BCUT2D eigenvalue weighted by Gasteiger charge is 2.34. The van der Waals surface area contributed by atoms with Crippen LogP contribution in [0.15, 0.2) is 12.1 Å². The molecule has 0 heterocycles. The van der Waals surface area contributed by atoms with Crippen molar-refractivity contribution in [3.63, 3.8) is 0 Å². The zero-order valence-corrected chi connectivity index (χ0v) is 10.4. The Balaban J connectivity index is 3.53. The summed E-state index contributed by atoms with van der Waals surface area (Å²) in [5, 5.41) is -0.993. The predicted molar refractivity (Wildman–Crippen MR) is 59.7 cm³/mol. The number of rotatable bonds is 2. The molecule has 1 aromatic carbocycles. The van der Waals surface area contributed by atoms with Crippen LogP contribution < -0.4 is 0 Å². The lowest BCUT2D eigenvalue weighted by Gasteiger charge is -2.11. The van der Waals surface area contributed by atoms with Gasteiger partial charge in [-0.1, -0.05) is 0 Å².